The van der Waals surface area contributed by atoms with Gasteiger partial charge in [0.15, 0.2) is 19.0 Å². The van der Waals surface area contributed by atoms with Crippen LogP contribution in [0, 0.1) is 0 Å². The van der Waals surface area contributed by atoms with Crippen LogP contribution in [0.4, 0.5) is 5.69 Å². The molecule has 0 unspecified atom stereocenters. The molecule has 1 amide bonds. The summed E-state index contributed by atoms with van der Waals surface area (Å²) in [5.41, 5.74) is 2.30. The number of ether oxygens (including phenoxy) is 2. The average Bonchev–Trinajstić information content (AvgIpc) is 2.64. The van der Waals surface area contributed by atoms with E-state index < -0.39 is 18.5 Å². The maximum Gasteiger partial charge on any atom is 0.344 e. The Bertz CT molecular complexity index is 850. The third-order valence-corrected chi connectivity index (χ3v) is 4.00. The SMILES string of the molecule is CC(=O)c1cccc(OCC(=O)OCC(=O)Nc2ccc(C(C)(C)C)cc2)c1. The number of carbonyl (C=O) groups is 3. The van der Waals surface area contributed by atoms with E-state index in [1.54, 1.807) is 24.3 Å². The molecule has 2 rings (SSSR count). The fourth-order valence-electron chi connectivity index (χ4n) is 2.39. The molecule has 28 heavy (non-hydrogen) atoms. The van der Waals surface area contributed by atoms with Crippen molar-refractivity contribution < 1.29 is 23.9 Å². The van der Waals surface area contributed by atoms with Crippen LogP contribution in [0.3, 0.4) is 0 Å². The van der Waals surface area contributed by atoms with Crippen molar-refractivity contribution in [2.75, 3.05) is 18.5 Å². The Labute approximate surface area is 164 Å². The summed E-state index contributed by atoms with van der Waals surface area (Å²) in [5.74, 6) is -0.824. The molecular formula is C22H25NO5. The van der Waals surface area contributed by atoms with Gasteiger partial charge in [0.2, 0.25) is 0 Å². The number of anilines is 1. The van der Waals surface area contributed by atoms with Crippen molar-refractivity contribution in [3.63, 3.8) is 0 Å². The molecule has 2 aromatic rings. The Morgan fingerprint density at radius 3 is 2.25 bits per heavy atom. The predicted octanol–water partition coefficient (Wildman–Crippen LogP) is 3.75. The molecular weight excluding hydrogens is 358 g/mol. The molecule has 0 saturated heterocycles. The molecule has 0 atom stereocenters. The zero-order valence-corrected chi connectivity index (χ0v) is 16.6. The second-order valence-electron chi connectivity index (χ2n) is 7.41. The van der Waals surface area contributed by atoms with Crippen molar-refractivity contribution >= 4 is 23.3 Å². The summed E-state index contributed by atoms with van der Waals surface area (Å²) >= 11 is 0. The van der Waals surface area contributed by atoms with Crippen molar-refractivity contribution in [2.45, 2.75) is 33.1 Å². The number of hydrogen-bond acceptors (Lipinski definition) is 5. The van der Waals surface area contributed by atoms with Crippen molar-refractivity contribution in [3.05, 3.63) is 59.7 Å². The molecule has 0 aliphatic heterocycles. The first-order valence-corrected chi connectivity index (χ1v) is 8.95. The Morgan fingerprint density at radius 2 is 1.64 bits per heavy atom. The van der Waals surface area contributed by atoms with Gasteiger partial charge in [-0.2, -0.15) is 0 Å². The number of ketones is 1. The number of carbonyl (C=O) groups excluding carboxylic acids is 3. The fourth-order valence-corrected chi connectivity index (χ4v) is 2.39. The standard InChI is InChI=1S/C22H25NO5/c1-15(24)16-6-5-7-19(12-16)27-14-21(26)28-13-20(25)23-18-10-8-17(9-11-18)22(2,3)4/h5-12H,13-14H2,1-4H3,(H,23,25). The quantitative estimate of drug-likeness (QED) is 0.582. The Kier molecular flexibility index (Phi) is 6.93. The Hall–Kier alpha value is -3.15. The van der Waals surface area contributed by atoms with E-state index in [1.807, 2.05) is 24.3 Å². The minimum Gasteiger partial charge on any atom is -0.482 e. The fraction of sp³-hybridized carbons (Fsp3) is 0.318. The second kappa shape index (κ2) is 9.17. The summed E-state index contributed by atoms with van der Waals surface area (Å²) in [6, 6.07) is 14.0. The summed E-state index contributed by atoms with van der Waals surface area (Å²) in [5, 5.41) is 2.68. The van der Waals surface area contributed by atoms with E-state index in [0.29, 0.717) is 17.0 Å². The smallest absolute Gasteiger partial charge is 0.344 e. The maximum atomic E-state index is 11.9. The van der Waals surface area contributed by atoms with Gasteiger partial charge in [0.05, 0.1) is 0 Å². The van der Waals surface area contributed by atoms with E-state index in [2.05, 4.69) is 26.1 Å². The van der Waals surface area contributed by atoms with Crippen LogP contribution < -0.4 is 10.1 Å². The van der Waals surface area contributed by atoms with Gasteiger partial charge < -0.3 is 14.8 Å². The van der Waals surface area contributed by atoms with Gasteiger partial charge in [-0.1, -0.05) is 45.0 Å². The van der Waals surface area contributed by atoms with Crippen LogP contribution in [0.2, 0.25) is 0 Å². The molecule has 6 nitrogen and oxygen atoms in total. The van der Waals surface area contributed by atoms with Gasteiger partial charge in [-0.25, -0.2) is 4.79 Å². The summed E-state index contributed by atoms with van der Waals surface area (Å²) in [7, 11) is 0. The predicted molar refractivity (Wildman–Crippen MR) is 107 cm³/mol. The van der Waals surface area contributed by atoms with E-state index >= 15 is 0 Å². The topological polar surface area (TPSA) is 81.7 Å². The molecule has 0 bridgehead atoms. The van der Waals surface area contributed by atoms with Gasteiger partial charge in [0, 0.05) is 11.3 Å². The van der Waals surface area contributed by atoms with E-state index in [-0.39, 0.29) is 17.8 Å². The first-order valence-electron chi connectivity index (χ1n) is 8.95. The van der Waals surface area contributed by atoms with Crippen LogP contribution in [-0.4, -0.2) is 30.9 Å². The molecule has 0 heterocycles. The third kappa shape index (κ3) is 6.54. The highest BCUT2D eigenvalue weighted by atomic mass is 16.6. The second-order valence-corrected chi connectivity index (χ2v) is 7.41. The van der Waals surface area contributed by atoms with Crippen LogP contribution in [0.5, 0.6) is 5.75 Å². The van der Waals surface area contributed by atoms with Crippen molar-refractivity contribution in [1.82, 2.24) is 0 Å². The van der Waals surface area contributed by atoms with E-state index in [9.17, 15) is 14.4 Å². The largest absolute Gasteiger partial charge is 0.482 e. The summed E-state index contributed by atoms with van der Waals surface area (Å²) in [6.45, 7) is 7.02. The Balaban J connectivity index is 1.77. The number of benzene rings is 2. The summed E-state index contributed by atoms with van der Waals surface area (Å²) in [4.78, 5) is 35.0. The highest BCUT2D eigenvalue weighted by molar-refractivity contribution is 5.94. The summed E-state index contributed by atoms with van der Waals surface area (Å²) < 4.78 is 10.2. The van der Waals surface area contributed by atoms with Gasteiger partial charge >= 0.3 is 5.97 Å². The molecule has 0 aliphatic carbocycles. The summed E-state index contributed by atoms with van der Waals surface area (Å²) in [6.07, 6.45) is 0. The molecule has 0 radical (unpaired) electrons. The van der Waals surface area contributed by atoms with Gasteiger partial charge in [-0.05, 0) is 42.2 Å². The lowest BCUT2D eigenvalue weighted by atomic mass is 9.87. The van der Waals surface area contributed by atoms with Crippen LogP contribution >= 0.6 is 0 Å². The molecule has 6 heteroatoms. The molecule has 148 valence electrons. The lowest BCUT2D eigenvalue weighted by molar-refractivity contribution is -0.149. The molecule has 2 aromatic carbocycles. The van der Waals surface area contributed by atoms with Gasteiger partial charge in [-0.3, -0.25) is 9.59 Å². The minimum absolute atomic E-state index is 0.0298. The highest BCUT2D eigenvalue weighted by Gasteiger charge is 2.14. The number of amides is 1. The van der Waals surface area contributed by atoms with E-state index in [4.69, 9.17) is 9.47 Å². The molecule has 0 spiro atoms. The normalized spacial score (nSPS) is 10.9. The van der Waals surface area contributed by atoms with Crippen molar-refractivity contribution in [3.8, 4) is 5.75 Å². The van der Waals surface area contributed by atoms with Crippen LogP contribution in [0.1, 0.15) is 43.6 Å². The molecule has 0 aliphatic rings. The Morgan fingerprint density at radius 1 is 0.964 bits per heavy atom. The van der Waals surface area contributed by atoms with Crippen molar-refractivity contribution in [2.24, 2.45) is 0 Å². The lowest BCUT2D eigenvalue weighted by Gasteiger charge is -2.19. The molecule has 0 fully saturated rings. The van der Waals surface area contributed by atoms with Crippen molar-refractivity contribution in [1.29, 1.82) is 0 Å². The lowest BCUT2D eigenvalue weighted by Crippen LogP contribution is -2.23. The average molecular weight is 383 g/mol. The molecule has 0 aromatic heterocycles. The molecule has 1 N–H and O–H groups in total. The number of hydrogen-bond donors (Lipinski definition) is 1. The number of esters is 1. The highest BCUT2D eigenvalue weighted by Crippen LogP contribution is 2.23. The van der Waals surface area contributed by atoms with Gasteiger partial charge in [0.25, 0.3) is 5.91 Å². The maximum absolute atomic E-state index is 11.9. The van der Waals surface area contributed by atoms with E-state index in [1.165, 1.54) is 6.92 Å². The number of Topliss-reactive ketones (excluding diaryl/α,β-unsaturated/α-hetero) is 1. The van der Waals surface area contributed by atoms with Gasteiger partial charge in [-0.15, -0.1) is 0 Å². The minimum atomic E-state index is -0.675. The molecule has 0 saturated carbocycles. The third-order valence-electron chi connectivity index (χ3n) is 4.00. The number of rotatable bonds is 7. The van der Waals surface area contributed by atoms with Crippen LogP contribution in [0.15, 0.2) is 48.5 Å². The first-order chi connectivity index (χ1) is 13.1. The number of nitrogens with one attached hydrogen (secondary N) is 1. The van der Waals surface area contributed by atoms with E-state index in [0.717, 1.165) is 5.56 Å². The van der Waals surface area contributed by atoms with Crippen LogP contribution in [0.25, 0.3) is 0 Å². The monoisotopic (exact) mass is 383 g/mol. The first kappa shape index (κ1) is 21.2. The zero-order chi connectivity index (χ0) is 20.7. The van der Waals surface area contributed by atoms with Gasteiger partial charge in [0.1, 0.15) is 5.75 Å². The zero-order valence-electron chi connectivity index (χ0n) is 16.6. The van der Waals surface area contributed by atoms with Crippen LogP contribution in [-0.2, 0) is 19.7 Å².